The molecule has 0 spiro atoms. The van der Waals surface area contributed by atoms with Gasteiger partial charge in [-0.3, -0.25) is 19.1 Å². The molecule has 3 unspecified atom stereocenters. The molecule has 0 fully saturated rings. The number of carboxylic acid groups (broad SMARTS) is 1. The molecule has 0 heterocycles. The van der Waals surface area contributed by atoms with E-state index in [1.165, 1.54) is 24.3 Å². The highest BCUT2D eigenvalue weighted by Gasteiger charge is 2.24. The number of benzene rings is 1. The molecule has 3 atom stereocenters. The van der Waals surface area contributed by atoms with Gasteiger partial charge < -0.3 is 10.8 Å². The smallest absolute Gasteiger partial charge is 0.322 e. The molecule has 3 N–H and O–H groups in total. The van der Waals surface area contributed by atoms with E-state index in [0.29, 0.717) is 4.90 Å². The van der Waals surface area contributed by atoms with Gasteiger partial charge in [0, 0.05) is 22.8 Å². The minimum atomic E-state index is -1.57. The van der Waals surface area contributed by atoms with Crippen molar-refractivity contribution in [1.29, 1.82) is 0 Å². The fourth-order valence-electron chi connectivity index (χ4n) is 1.22. The summed E-state index contributed by atoms with van der Waals surface area (Å²) in [5.41, 5.74) is 5.17. The lowest BCUT2D eigenvalue weighted by Crippen LogP contribution is -2.41. The zero-order valence-corrected chi connectivity index (χ0v) is 11.1. The molecule has 1 aromatic rings. The highest BCUT2D eigenvalue weighted by molar-refractivity contribution is 7.85. The fraction of sp³-hybridized carbons (Fsp3) is 0.300. The van der Waals surface area contributed by atoms with Gasteiger partial charge in [0.15, 0.2) is 0 Å². The molecule has 1 aromatic carbocycles. The van der Waals surface area contributed by atoms with E-state index in [1.54, 1.807) is 0 Å². The molecule has 0 saturated heterocycles. The Balaban J connectivity index is 2.73. The van der Waals surface area contributed by atoms with E-state index >= 15 is 0 Å². The van der Waals surface area contributed by atoms with E-state index < -0.39 is 33.1 Å². The molecule has 1 rings (SSSR count). The van der Waals surface area contributed by atoms with Crippen molar-refractivity contribution in [3.8, 4) is 0 Å². The summed E-state index contributed by atoms with van der Waals surface area (Å²) in [6.45, 7) is 0. The Kier molecular flexibility index (Phi) is 5.40. The molecule has 0 aliphatic heterocycles. The van der Waals surface area contributed by atoms with Crippen LogP contribution in [0.4, 0.5) is 5.69 Å². The molecule has 7 nitrogen and oxygen atoms in total. The monoisotopic (exact) mass is 306 g/mol. The lowest BCUT2D eigenvalue weighted by Gasteiger charge is -2.13. The number of hydrogen-bond donors (Lipinski definition) is 2. The van der Waals surface area contributed by atoms with Gasteiger partial charge in [0.1, 0.15) is 6.04 Å². The van der Waals surface area contributed by atoms with Crippen LogP contribution in [0.3, 0.4) is 0 Å². The molecule has 0 aromatic heterocycles. The van der Waals surface area contributed by atoms with Crippen LogP contribution >= 0.6 is 11.6 Å². The topological polar surface area (TPSA) is 124 Å². The minimum absolute atomic E-state index is 0.120. The summed E-state index contributed by atoms with van der Waals surface area (Å²) in [6, 6.07) is 3.79. The normalized spacial score (nSPS) is 15.5. The number of halogens is 1. The number of nitrogens with two attached hydrogens (primary N) is 1. The maximum absolute atomic E-state index is 11.9. The van der Waals surface area contributed by atoms with Gasteiger partial charge in [0.05, 0.1) is 21.1 Å². The summed E-state index contributed by atoms with van der Waals surface area (Å²) in [6.07, 6.45) is 0. The van der Waals surface area contributed by atoms with Crippen LogP contribution < -0.4 is 5.73 Å². The molecular weight excluding hydrogens is 296 g/mol. The van der Waals surface area contributed by atoms with Crippen molar-refractivity contribution < 1.29 is 19.0 Å². The van der Waals surface area contributed by atoms with Crippen molar-refractivity contribution in [1.82, 2.24) is 0 Å². The first-order chi connectivity index (χ1) is 8.82. The van der Waals surface area contributed by atoms with Crippen molar-refractivity contribution in [3.63, 3.8) is 0 Å². The Morgan fingerprint density at radius 2 is 2.00 bits per heavy atom. The summed E-state index contributed by atoms with van der Waals surface area (Å²) in [5.74, 6) is -1.42. The van der Waals surface area contributed by atoms with Crippen molar-refractivity contribution in [2.45, 2.75) is 16.3 Å². The second-order valence-electron chi connectivity index (χ2n) is 3.64. The van der Waals surface area contributed by atoms with Crippen molar-refractivity contribution in [3.05, 3.63) is 34.4 Å². The minimum Gasteiger partial charge on any atom is -0.480 e. The molecule has 0 radical (unpaired) electrons. The first kappa shape index (κ1) is 15.5. The number of alkyl halides is 1. The second-order valence-corrected chi connectivity index (χ2v) is 5.70. The Hall–Kier alpha value is -1.51. The predicted octanol–water partition coefficient (Wildman–Crippen LogP) is 0.722. The number of non-ortho nitro benzene ring substituents is 1. The van der Waals surface area contributed by atoms with Gasteiger partial charge in [-0.25, -0.2) is 0 Å². The highest BCUT2D eigenvalue weighted by atomic mass is 35.5. The number of nitro benzene ring substituents is 1. The molecule has 0 amide bonds. The molecular formula is C10H11ClN2O5S. The van der Waals surface area contributed by atoms with Crippen molar-refractivity contribution >= 4 is 34.1 Å². The number of carbonyl (C=O) groups is 1. The summed E-state index contributed by atoms with van der Waals surface area (Å²) >= 11 is 5.75. The van der Waals surface area contributed by atoms with Crippen LogP contribution in [0, 0.1) is 10.1 Å². The Morgan fingerprint density at radius 3 is 2.42 bits per heavy atom. The van der Waals surface area contributed by atoms with Gasteiger partial charge in [0.25, 0.3) is 5.69 Å². The first-order valence-electron chi connectivity index (χ1n) is 5.08. The van der Waals surface area contributed by atoms with Crippen LogP contribution in [0.25, 0.3) is 0 Å². The van der Waals surface area contributed by atoms with Crippen LogP contribution in [0.1, 0.15) is 0 Å². The van der Waals surface area contributed by atoms with E-state index in [9.17, 15) is 19.1 Å². The first-order valence-corrected chi connectivity index (χ1v) is 6.83. The van der Waals surface area contributed by atoms with E-state index in [2.05, 4.69) is 0 Å². The van der Waals surface area contributed by atoms with Gasteiger partial charge in [-0.1, -0.05) is 0 Å². The number of nitrogens with zero attached hydrogens (tertiary/aromatic N) is 1. The van der Waals surface area contributed by atoms with Crippen LogP contribution in [-0.2, 0) is 15.6 Å². The van der Waals surface area contributed by atoms with Gasteiger partial charge in [-0.15, -0.1) is 11.6 Å². The molecule has 9 heteroatoms. The third-order valence-electron chi connectivity index (χ3n) is 2.30. The van der Waals surface area contributed by atoms with Crippen molar-refractivity contribution in [2.24, 2.45) is 5.73 Å². The molecule has 19 heavy (non-hydrogen) atoms. The Bertz CT molecular complexity index is 507. The fourth-order valence-corrected chi connectivity index (χ4v) is 2.80. The van der Waals surface area contributed by atoms with E-state index in [4.69, 9.17) is 22.4 Å². The number of carboxylic acids is 1. The summed E-state index contributed by atoms with van der Waals surface area (Å²) < 4.78 is 11.9. The van der Waals surface area contributed by atoms with Gasteiger partial charge in [-0.2, -0.15) is 0 Å². The van der Waals surface area contributed by atoms with E-state index in [0.717, 1.165) is 0 Å². The lowest BCUT2D eigenvalue weighted by atomic mass is 10.2. The standard InChI is InChI=1S/C10H11ClN2O5S/c11-8(9(12)10(14)15)5-19(18)7-3-1-6(2-4-7)13(16)17/h1-4,8-9H,5,12H2,(H,14,15). The van der Waals surface area contributed by atoms with Crippen LogP contribution in [0.15, 0.2) is 29.2 Å². The Labute approximate surface area is 116 Å². The zero-order chi connectivity index (χ0) is 14.6. The number of rotatable bonds is 6. The van der Waals surface area contributed by atoms with Gasteiger partial charge in [-0.05, 0) is 12.1 Å². The maximum Gasteiger partial charge on any atom is 0.322 e. The summed E-state index contributed by atoms with van der Waals surface area (Å²) in [5, 5.41) is 18.1. The number of hydrogen-bond acceptors (Lipinski definition) is 5. The van der Waals surface area contributed by atoms with Crippen LogP contribution in [-0.4, -0.2) is 37.4 Å². The van der Waals surface area contributed by atoms with Gasteiger partial charge in [0.2, 0.25) is 0 Å². The molecule has 0 aliphatic carbocycles. The van der Waals surface area contributed by atoms with Gasteiger partial charge >= 0.3 is 5.97 Å². The van der Waals surface area contributed by atoms with Crippen LogP contribution in [0.2, 0.25) is 0 Å². The third kappa shape index (κ3) is 4.27. The quantitative estimate of drug-likeness (QED) is 0.453. The average Bonchev–Trinajstić information content (AvgIpc) is 2.37. The largest absolute Gasteiger partial charge is 0.480 e. The third-order valence-corrected chi connectivity index (χ3v) is 4.36. The molecule has 0 saturated carbocycles. The number of nitro groups is 1. The second kappa shape index (κ2) is 6.60. The van der Waals surface area contributed by atoms with Crippen LogP contribution in [0.5, 0.6) is 0 Å². The maximum atomic E-state index is 11.9. The summed E-state index contributed by atoms with van der Waals surface area (Å²) in [4.78, 5) is 20.8. The highest BCUT2D eigenvalue weighted by Crippen LogP contribution is 2.16. The van der Waals surface area contributed by atoms with E-state index in [-0.39, 0.29) is 11.4 Å². The summed E-state index contributed by atoms with van der Waals surface area (Å²) in [7, 11) is -1.57. The Morgan fingerprint density at radius 1 is 1.47 bits per heavy atom. The molecule has 0 aliphatic rings. The zero-order valence-electron chi connectivity index (χ0n) is 9.56. The average molecular weight is 307 g/mol. The molecule has 0 bridgehead atoms. The predicted molar refractivity (Wildman–Crippen MR) is 69.6 cm³/mol. The van der Waals surface area contributed by atoms with Crippen molar-refractivity contribution in [2.75, 3.05) is 5.75 Å². The SMILES string of the molecule is NC(C(=O)O)C(Cl)CS(=O)c1ccc([N+](=O)[O-])cc1. The van der Waals surface area contributed by atoms with E-state index in [1.807, 2.05) is 0 Å². The number of aliphatic carboxylic acids is 1. The molecule has 104 valence electrons. The lowest BCUT2D eigenvalue weighted by molar-refractivity contribution is -0.384.